The molecule has 0 unspecified atom stereocenters. The van der Waals surface area contributed by atoms with Gasteiger partial charge in [0.25, 0.3) is 0 Å². The molecule has 0 radical (unpaired) electrons. The van der Waals surface area contributed by atoms with Crippen LogP contribution in [0.25, 0.3) is 0 Å². The number of anilines is 1. The molecule has 0 atom stereocenters. The van der Waals surface area contributed by atoms with Crippen molar-refractivity contribution in [1.29, 1.82) is 0 Å². The van der Waals surface area contributed by atoms with Gasteiger partial charge in [0.15, 0.2) is 0 Å². The molecule has 0 aliphatic heterocycles. The topological polar surface area (TPSA) is 80.4 Å². The van der Waals surface area contributed by atoms with Gasteiger partial charge in [0, 0.05) is 5.56 Å². The zero-order valence-electron chi connectivity index (χ0n) is 6.23. The highest BCUT2D eigenvalue weighted by molar-refractivity contribution is 7.71. The van der Waals surface area contributed by atoms with E-state index in [2.05, 4.69) is 0 Å². The summed E-state index contributed by atoms with van der Waals surface area (Å²) in [5.41, 5.74) is 5.89. The molecule has 12 heavy (non-hydrogen) atoms. The highest BCUT2D eigenvalue weighted by Crippen LogP contribution is 2.24. The number of thiol groups is 1. The van der Waals surface area contributed by atoms with E-state index in [0.717, 1.165) is 0 Å². The lowest BCUT2D eigenvalue weighted by atomic mass is 10.2. The maximum atomic E-state index is 10.3. The summed E-state index contributed by atoms with van der Waals surface area (Å²) in [6, 6.07) is 4.64. The number of aromatic hydroxyl groups is 1. The van der Waals surface area contributed by atoms with Gasteiger partial charge in [0.1, 0.15) is 16.5 Å². The van der Waals surface area contributed by atoms with Crippen LogP contribution in [-0.4, -0.2) is 13.5 Å². The molecule has 1 rings (SSSR count). The number of hydrogen-bond donors (Lipinski definition) is 3. The Labute approximate surface area is 71.6 Å². The summed E-state index contributed by atoms with van der Waals surface area (Å²) < 4.78 is 20.6. The van der Waals surface area contributed by atoms with Gasteiger partial charge in [-0.15, -0.1) is 0 Å². The molecule has 0 aliphatic carbocycles. The molecule has 0 aliphatic rings. The van der Waals surface area contributed by atoms with E-state index in [0.29, 0.717) is 5.56 Å². The molecule has 0 spiro atoms. The predicted octanol–water partition coefficient (Wildman–Crippen LogP) is 0.0858. The van der Waals surface area contributed by atoms with Gasteiger partial charge in [0.05, 0.1) is 11.4 Å². The molecular formula is C7H9NO3S. The van der Waals surface area contributed by atoms with Crippen LogP contribution in [0.5, 0.6) is 5.75 Å². The summed E-state index contributed by atoms with van der Waals surface area (Å²) in [6.07, 6.45) is 0. The van der Waals surface area contributed by atoms with E-state index in [-0.39, 0.29) is 17.2 Å². The van der Waals surface area contributed by atoms with Crippen LogP contribution in [0, 0.1) is 0 Å². The van der Waals surface area contributed by atoms with Gasteiger partial charge < -0.3 is 10.8 Å². The minimum absolute atomic E-state index is 0.142. The maximum absolute atomic E-state index is 10.3. The Morgan fingerprint density at radius 1 is 1.42 bits per heavy atom. The van der Waals surface area contributed by atoms with Crippen LogP contribution in [0.1, 0.15) is 5.56 Å². The largest absolute Gasteiger partial charge is 0.505 e. The molecule has 5 heteroatoms. The second kappa shape index (κ2) is 3.44. The van der Waals surface area contributed by atoms with Gasteiger partial charge in [0.2, 0.25) is 0 Å². The number of para-hydroxylation sites is 1. The first kappa shape index (κ1) is 8.86. The first-order chi connectivity index (χ1) is 5.61. The number of benzene rings is 1. The quantitative estimate of drug-likeness (QED) is 0.348. The Balaban J connectivity index is 3.08. The van der Waals surface area contributed by atoms with Crippen LogP contribution >= 0.6 is 0 Å². The van der Waals surface area contributed by atoms with Crippen molar-refractivity contribution in [2.75, 3.05) is 5.73 Å². The molecule has 0 fully saturated rings. The highest BCUT2D eigenvalue weighted by atomic mass is 32.2. The summed E-state index contributed by atoms with van der Waals surface area (Å²) in [7, 11) is -2.52. The average molecular weight is 187 g/mol. The SMILES string of the molecule is Nc1cccc(C[SH](=O)=O)c1O. The lowest BCUT2D eigenvalue weighted by molar-refractivity contribution is 0.472. The van der Waals surface area contributed by atoms with Crippen LogP contribution in [0.15, 0.2) is 18.2 Å². The fourth-order valence-corrected chi connectivity index (χ4v) is 1.41. The first-order valence-electron chi connectivity index (χ1n) is 3.29. The molecule has 3 N–H and O–H groups in total. The third-order valence-corrected chi connectivity index (χ3v) is 2.05. The van der Waals surface area contributed by atoms with Gasteiger partial charge >= 0.3 is 0 Å². The van der Waals surface area contributed by atoms with Crippen LogP contribution in [0.2, 0.25) is 0 Å². The number of hydrogen-bond acceptors (Lipinski definition) is 4. The zero-order chi connectivity index (χ0) is 9.14. The van der Waals surface area contributed by atoms with Gasteiger partial charge in [-0.05, 0) is 6.07 Å². The maximum Gasteiger partial charge on any atom is 0.144 e. The standard InChI is InChI=1S/C7H9NO3S/c8-6-3-1-2-5(7(6)9)4-12(10)11/h1-3,9,12H,4,8H2. The van der Waals surface area contributed by atoms with Crippen LogP contribution in [0.4, 0.5) is 5.69 Å². The Kier molecular flexibility index (Phi) is 2.54. The predicted molar refractivity (Wildman–Crippen MR) is 46.5 cm³/mol. The Hall–Kier alpha value is -1.23. The molecular weight excluding hydrogens is 178 g/mol. The molecule has 66 valence electrons. The monoisotopic (exact) mass is 187 g/mol. The lowest BCUT2D eigenvalue weighted by Gasteiger charge is -2.02. The van der Waals surface area contributed by atoms with E-state index < -0.39 is 10.7 Å². The molecule has 0 saturated carbocycles. The molecule has 1 aromatic carbocycles. The minimum atomic E-state index is -2.52. The van der Waals surface area contributed by atoms with Crippen LogP contribution in [-0.2, 0) is 16.5 Å². The highest BCUT2D eigenvalue weighted by Gasteiger charge is 2.03. The van der Waals surface area contributed by atoms with Crippen molar-refractivity contribution in [3.8, 4) is 5.75 Å². The van der Waals surface area contributed by atoms with Gasteiger partial charge in [-0.2, -0.15) is 0 Å². The van der Waals surface area contributed by atoms with E-state index >= 15 is 0 Å². The van der Waals surface area contributed by atoms with Gasteiger partial charge in [-0.25, -0.2) is 8.42 Å². The Morgan fingerprint density at radius 2 is 2.08 bits per heavy atom. The second-order valence-corrected chi connectivity index (χ2v) is 3.33. The Morgan fingerprint density at radius 3 is 2.67 bits per heavy atom. The van der Waals surface area contributed by atoms with Crippen molar-refractivity contribution in [3.63, 3.8) is 0 Å². The molecule has 0 aromatic heterocycles. The smallest absolute Gasteiger partial charge is 0.144 e. The second-order valence-electron chi connectivity index (χ2n) is 2.35. The summed E-state index contributed by atoms with van der Waals surface area (Å²) in [4.78, 5) is 0. The van der Waals surface area contributed by atoms with Crippen molar-refractivity contribution in [3.05, 3.63) is 23.8 Å². The van der Waals surface area contributed by atoms with Gasteiger partial charge in [-0.1, -0.05) is 12.1 Å². The molecule has 4 nitrogen and oxygen atoms in total. The molecule has 0 heterocycles. The summed E-state index contributed by atoms with van der Waals surface area (Å²) >= 11 is 0. The molecule has 0 amide bonds. The fourth-order valence-electron chi connectivity index (χ4n) is 0.878. The van der Waals surface area contributed by atoms with E-state index in [9.17, 15) is 13.5 Å². The van der Waals surface area contributed by atoms with Crippen molar-refractivity contribution in [1.82, 2.24) is 0 Å². The normalized spacial score (nSPS) is 10.4. The first-order valence-corrected chi connectivity index (χ1v) is 4.65. The summed E-state index contributed by atoms with van der Waals surface area (Å²) in [5.74, 6) is -0.316. The van der Waals surface area contributed by atoms with Crippen molar-refractivity contribution < 1.29 is 13.5 Å². The number of nitrogen functional groups attached to an aromatic ring is 1. The number of phenolic OH excluding ortho intramolecular Hbond substituents is 1. The van der Waals surface area contributed by atoms with Crippen molar-refractivity contribution in [2.24, 2.45) is 0 Å². The third-order valence-electron chi connectivity index (χ3n) is 1.45. The fraction of sp³-hybridized carbons (Fsp3) is 0.143. The van der Waals surface area contributed by atoms with E-state index in [1.54, 1.807) is 6.07 Å². The molecule has 0 saturated heterocycles. The molecule has 1 aromatic rings. The Bertz CT molecular complexity index is 352. The van der Waals surface area contributed by atoms with E-state index in [1.807, 2.05) is 0 Å². The summed E-state index contributed by atoms with van der Waals surface area (Å²) in [5, 5.41) is 9.25. The zero-order valence-corrected chi connectivity index (χ0v) is 7.12. The minimum Gasteiger partial charge on any atom is -0.505 e. The van der Waals surface area contributed by atoms with Crippen LogP contribution in [0.3, 0.4) is 0 Å². The number of phenols is 1. The number of nitrogens with two attached hydrogens (primary N) is 1. The lowest BCUT2D eigenvalue weighted by Crippen LogP contribution is -1.92. The number of rotatable bonds is 2. The van der Waals surface area contributed by atoms with Crippen LogP contribution < -0.4 is 5.73 Å². The van der Waals surface area contributed by atoms with E-state index in [4.69, 9.17) is 5.73 Å². The van der Waals surface area contributed by atoms with Gasteiger partial charge in [-0.3, -0.25) is 0 Å². The van der Waals surface area contributed by atoms with Crippen molar-refractivity contribution >= 4 is 16.4 Å². The molecule has 0 bridgehead atoms. The van der Waals surface area contributed by atoms with E-state index in [1.165, 1.54) is 12.1 Å². The summed E-state index contributed by atoms with van der Waals surface area (Å²) in [6.45, 7) is 0. The third kappa shape index (κ3) is 1.88. The van der Waals surface area contributed by atoms with Crippen molar-refractivity contribution in [2.45, 2.75) is 5.75 Å². The average Bonchev–Trinajstić information content (AvgIpc) is 1.98.